The minimum Gasteiger partial charge on any atom is -0.489 e. The fraction of sp³-hybridized carbons (Fsp3) is 0.250. The third kappa shape index (κ3) is 3.66. The summed E-state index contributed by atoms with van der Waals surface area (Å²) in [6.07, 6.45) is 0. The molecule has 8 heteroatoms. The monoisotopic (exact) mass is 399 g/mol. The first-order valence-electron chi connectivity index (χ1n) is 8.88. The van der Waals surface area contributed by atoms with Gasteiger partial charge in [0.1, 0.15) is 12.4 Å². The third-order valence-electron chi connectivity index (χ3n) is 4.98. The minimum absolute atomic E-state index is 0.243. The molecular formula is C20H18ClN3O4. The Bertz CT molecular complexity index is 909. The summed E-state index contributed by atoms with van der Waals surface area (Å²) in [5.74, 6) is -0.843. The van der Waals surface area contributed by atoms with Crippen molar-refractivity contribution in [1.29, 1.82) is 0 Å². The second-order valence-corrected chi connectivity index (χ2v) is 7.21. The van der Waals surface area contributed by atoms with E-state index in [-0.39, 0.29) is 30.9 Å². The van der Waals surface area contributed by atoms with Gasteiger partial charge in [0.25, 0.3) is 0 Å². The van der Waals surface area contributed by atoms with Gasteiger partial charge in [-0.25, -0.2) is 4.79 Å². The van der Waals surface area contributed by atoms with Crippen LogP contribution >= 0.6 is 11.6 Å². The average molecular weight is 400 g/mol. The predicted molar refractivity (Wildman–Crippen MR) is 103 cm³/mol. The molecule has 144 valence electrons. The third-order valence-corrected chi connectivity index (χ3v) is 5.35. The maximum absolute atomic E-state index is 12.4. The van der Waals surface area contributed by atoms with Crippen LogP contribution in [0.25, 0.3) is 0 Å². The van der Waals surface area contributed by atoms with Gasteiger partial charge in [-0.3, -0.25) is 14.9 Å². The van der Waals surface area contributed by atoms with Crippen molar-refractivity contribution in [2.75, 3.05) is 18.4 Å². The Hall–Kier alpha value is -3.06. The highest BCUT2D eigenvalue weighted by atomic mass is 35.5. The second kappa shape index (κ2) is 7.52. The van der Waals surface area contributed by atoms with E-state index >= 15 is 0 Å². The van der Waals surface area contributed by atoms with E-state index in [0.717, 1.165) is 5.56 Å². The van der Waals surface area contributed by atoms with E-state index in [9.17, 15) is 14.4 Å². The van der Waals surface area contributed by atoms with Gasteiger partial charge in [0.15, 0.2) is 0 Å². The topological polar surface area (TPSA) is 87.7 Å². The van der Waals surface area contributed by atoms with Crippen LogP contribution in [-0.2, 0) is 16.2 Å². The molecule has 0 bridgehead atoms. The number of benzene rings is 2. The maximum atomic E-state index is 12.4. The minimum atomic E-state index is -0.446. The summed E-state index contributed by atoms with van der Waals surface area (Å²) >= 11 is 6.11. The van der Waals surface area contributed by atoms with Gasteiger partial charge in [-0.15, -0.1) is 0 Å². The van der Waals surface area contributed by atoms with Crippen LogP contribution < -0.4 is 15.4 Å². The maximum Gasteiger partial charge on any atom is 0.321 e. The highest BCUT2D eigenvalue weighted by molar-refractivity contribution is 6.31. The van der Waals surface area contributed by atoms with Crippen molar-refractivity contribution in [1.82, 2.24) is 10.2 Å². The van der Waals surface area contributed by atoms with Crippen LogP contribution in [0.1, 0.15) is 5.56 Å². The average Bonchev–Trinajstić information content (AvgIpc) is 3.24. The van der Waals surface area contributed by atoms with E-state index in [1.165, 1.54) is 4.90 Å². The quantitative estimate of drug-likeness (QED) is 0.774. The Morgan fingerprint density at radius 1 is 1.07 bits per heavy atom. The molecule has 2 atom stereocenters. The number of hydrogen-bond donors (Lipinski definition) is 2. The summed E-state index contributed by atoms with van der Waals surface area (Å²) < 4.78 is 5.72. The molecule has 2 aromatic carbocycles. The van der Waals surface area contributed by atoms with E-state index in [2.05, 4.69) is 10.6 Å². The summed E-state index contributed by atoms with van der Waals surface area (Å²) in [6, 6.07) is 14.1. The van der Waals surface area contributed by atoms with Gasteiger partial charge in [0.05, 0.1) is 11.8 Å². The van der Waals surface area contributed by atoms with Crippen molar-refractivity contribution in [2.45, 2.75) is 6.61 Å². The number of nitrogens with zero attached hydrogens (tertiary/aromatic N) is 1. The number of halogens is 1. The zero-order valence-corrected chi connectivity index (χ0v) is 15.6. The molecular weight excluding hydrogens is 382 g/mol. The van der Waals surface area contributed by atoms with Crippen LogP contribution in [0.2, 0.25) is 5.02 Å². The smallest absolute Gasteiger partial charge is 0.321 e. The number of fused-ring (bicyclic) bond motifs is 1. The van der Waals surface area contributed by atoms with Crippen LogP contribution in [-0.4, -0.2) is 35.8 Å². The molecule has 0 aliphatic carbocycles. The molecule has 2 aliphatic heterocycles. The summed E-state index contributed by atoms with van der Waals surface area (Å²) in [5, 5.41) is 5.73. The molecule has 2 fully saturated rings. The number of carbonyl (C=O) groups excluding carboxylic acids is 3. The van der Waals surface area contributed by atoms with E-state index in [1.54, 1.807) is 24.3 Å². The number of hydrogen-bond acceptors (Lipinski definition) is 4. The van der Waals surface area contributed by atoms with Crippen LogP contribution in [0.5, 0.6) is 5.75 Å². The van der Waals surface area contributed by atoms with E-state index in [1.807, 2.05) is 24.3 Å². The molecule has 0 aromatic heterocycles. The number of likely N-dealkylation sites (tertiary alicyclic amines) is 1. The number of anilines is 1. The standard InChI is InChI=1S/C20H18ClN3O4/c21-17-4-2-1-3-12(17)11-28-14-7-5-13(6-8-14)22-20(27)24-9-15-16(10-24)19(26)23-18(15)25/h1-8,15-16H,9-11H2,(H,22,27)(H,23,25,26)/t15-,16+. The fourth-order valence-electron chi connectivity index (χ4n) is 3.42. The SMILES string of the molecule is O=C1NC(=O)[C@@H]2CN(C(=O)Nc3ccc(OCc4ccccc4Cl)cc3)C[C@H]12. The zero-order valence-electron chi connectivity index (χ0n) is 14.9. The number of rotatable bonds is 4. The van der Waals surface area contributed by atoms with E-state index < -0.39 is 11.8 Å². The molecule has 0 saturated carbocycles. The number of amides is 4. The van der Waals surface area contributed by atoms with Crippen molar-refractivity contribution in [2.24, 2.45) is 11.8 Å². The summed E-state index contributed by atoms with van der Waals surface area (Å²) in [6.45, 7) is 0.832. The van der Waals surface area contributed by atoms with Crippen LogP contribution in [0.4, 0.5) is 10.5 Å². The molecule has 2 aliphatic rings. The van der Waals surface area contributed by atoms with Crippen LogP contribution in [0.3, 0.4) is 0 Å². The van der Waals surface area contributed by atoms with Gasteiger partial charge in [0, 0.05) is 29.4 Å². The molecule has 4 rings (SSSR count). The number of ether oxygens (including phenoxy) is 1. The van der Waals surface area contributed by atoms with Gasteiger partial charge in [-0.1, -0.05) is 29.8 Å². The molecule has 0 unspecified atom stereocenters. The molecule has 0 radical (unpaired) electrons. The Balaban J connectivity index is 1.32. The van der Waals surface area contributed by atoms with Gasteiger partial charge in [-0.2, -0.15) is 0 Å². The number of nitrogens with one attached hydrogen (secondary N) is 2. The van der Waals surface area contributed by atoms with Crippen molar-refractivity contribution in [3.05, 3.63) is 59.1 Å². The zero-order chi connectivity index (χ0) is 19.7. The first-order valence-corrected chi connectivity index (χ1v) is 9.26. The molecule has 28 heavy (non-hydrogen) atoms. The van der Waals surface area contributed by atoms with Crippen molar-refractivity contribution in [3.63, 3.8) is 0 Å². The first-order chi connectivity index (χ1) is 13.5. The summed E-state index contributed by atoms with van der Waals surface area (Å²) in [4.78, 5) is 37.3. The Kier molecular flexibility index (Phi) is 4.92. The Labute approximate surface area is 166 Å². The molecule has 2 aromatic rings. The fourth-order valence-corrected chi connectivity index (χ4v) is 3.61. The Morgan fingerprint density at radius 3 is 2.36 bits per heavy atom. The van der Waals surface area contributed by atoms with Gasteiger partial charge < -0.3 is 15.0 Å². The normalized spacial score (nSPS) is 20.7. The number of carbonyl (C=O) groups is 3. The second-order valence-electron chi connectivity index (χ2n) is 6.81. The molecule has 0 spiro atoms. The van der Waals surface area contributed by atoms with Crippen LogP contribution in [0.15, 0.2) is 48.5 Å². The largest absolute Gasteiger partial charge is 0.489 e. The van der Waals surface area contributed by atoms with E-state index in [4.69, 9.17) is 16.3 Å². The highest BCUT2D eigenvalue weighted by Gasteiger charge is 2.48. The number of imide groups is 1. The highest BCUT2D eigenvalue weighted by Crippen LogP contribution is 2.29. The van der Waals surface area contributed by atoms with Crippen molar-refractivity contribution < 1.29 is 19.1 Å². The first kappa shape index (κ1) is 18.3. The predicted octanol–water partition coefficient (Wildman–Crippen LogP) is 2.66. The Morgan fingerprint density at radius 2 is 1.71 bits per heavy atom. The molecule has 7 nitrogen and oxygen atoms in total. The van der Waals surface area contributed by atoms with E-state index in [0.29, 0.717) is 23.1 Å². The lowest BCUT2D eigenvalue weighted by molar-refractivity contribution is -0.126. The molecule has 4 amide bonds. The molecule has 2 saturated heterocycles. The summed E-state index contributed by atoms with van der Waals surface area (Å²) in [7, 11) is 0. The summed E-state index contributed by atoms with van der Waals surface area (Å²) in [5.41, 5.74) is 1.49. The van der Waals surface area contributed by atoms with Gasteiger partial charge in [0.2, 0.25) is 11.8 Å². The lowest BCUT2D eigenvalue weighted by Crippen LogP contribution is -2.37. The van der Waals surface area contributed by atoms with Crippen molar-refractivity contribution in [3.8, 4) is 5.75 Å². The lowest BCUT2D eigenvalue weighted by atomic mass is 10.00. The van der Waals surface area contributed by atoms with Gasteiger partial charge >= 0.3 is 6.03 Å². The van der Waals surface area contributed by atoms with Crippen LogP contribution in [0, 0.1) is 11.8 Å². The molecule has 2 heterocycles. The lowest BCUT2D eigenvalue weighted by Gasteiger charge is -2.18. The number of urea groups is 1. The van der Waals surface area contributed by atoms with Crippen molar-refractivity contribution >= 4 is 35.1 Å². The van der Waals surface area contributed by atoms with Gasteiger partial charge in [-0.05, 0) is 30.3 Å². The molecule has 2 N–H and O–H groups in total.